The molecule has 1 aliphatic heterocycles. The van der Waals surface area contributed by atoms with E-state index in [1.807, 2.05) is 0 Å². The molecule has 1 saturated heterocycles. The molecule has 0 atom stereocenters. The first-order chi connectivity index (χ1) is 9.11. The van der Waals surface area contributed by atoms with Gasteiger partial charge in [0.2, 0.25) is 0 Å². The second-order valence-electron chi connectivity index (χ2n) is 3.81. The maximum atomic E-state index is 10.8. The third-order valence-corrected chi connectivity index (χ3v) is 2.60. The topological polar surface area (TPSA) is 91.1 Å². The first-order valence-electron chi connectivity index (χ1n) is 5.58. The molecule has 1 aromatic carbocycles. The van der Waals surface area contributed by atoms with Crippen LogP contribution in [0.1, 0.15) is 5.56 Å². The molecule has 7 nitrogen and oxygen atoms in total. The fourth-order valence-electron chi connectivity index (χ4n) is 1.67. The summed E-state index contributed by atoms with van der Waals surface area (Å²) < 4.78 is 15.3. The molecule has 0 saturated carbocycles. The average Bonchev–Trinajstić information content (AvgIpc) is 2.90. The number of benzene rings is 1. The Hall–Kier alpha value is -2.12. The van der Waals surface area contributed by atoms with Gasteiger partial charge in [0.05, 0.1) is 31.3 Å². The standard InChI is InChI=1S/C12H13NO6/c1-17-10-7-9(13(15)16)6-8(12(10)14)2-3-11-18-4-5-19-11/h2-3,6-7,11,14H,4-5H2,1H3. The van der Waals surface area contributed by atoms with E-state index in [0.29, 0.717) is 13.2 Å². The number of hydrogen-bond acceptors (Lipinski definition) is 6. The summed E-state index contributed by atoms with van der Waals surface area (Å²) in [6, 6.07) is 2.42. The number of non-ortho nitro benzene ring substituents is 1. The van der Waals surface area contributed by atoms with Crippen molar-refractivity contribution in [3.05, 3.63) is 33.9 Å². The van der Waals surface area contributed by atoms with E-state index in [1.165, 1.54) is 19.3 Å². The van der Waals surface area contributed by atoms with Crippen molar-refractivity contribution in [1.82, 2.24) is 0 Å². The quantitative estimate of drug-likeness (QED) is 0.659. The lowest BCUT2D eigenvalue weighted by molar-refractivity contribution is -0.385. The van der Waals surface area contributed by atoms with Crippen molar-refractivity contribution in [2.24, 2.45) is 0 Å². The number of hydrogen-bond donors (Lipinski definition) is 1. The Bertz CT molecular complexity index is 507. The zero-order valence-corrected chi connectivity index (χ0v) is 10.2. The van der Waals surface area contributed by atoms with Crippen molar-refractivity contribution in [2.75, 3.05) is 20.3 Å². The van der Waals surface area contributed by atoms with Crippen LogP contribution >= 0.6 is 0 Å². The molecule has 0 unspecified atom stereocenters. The van der Waals surface area contributed by atoms with Crippen LogP contribution in [0.15, 0.2) is 18.2 Å². The Labute approximate surface area is 109 Å². The summed E-state index contributed by atoms with van der Waals surface area (Å²) >= 11 is 0. The maximum Gasteiger partial charge on any atom is 0.274 e. The lowest BCUT2D eigenvalue weighted by Crippen LogP contribution is -2.01. The van der Waals surface area contributed by atoms with E-state index < -0.39 is 11.2 Å². The van der Waals surface area contributed by atoms with E-state index >= 15 is 0 Å². The molecule has 1 N–H and O–H groups in total. The third-order valence-electron chi connectivity index (χ3n) is 2.60. The number of ether oxygens (including phenoxy) is 3. The Morgan fingerprint density at radius 1 is 1.47 bits per heavy atom. The van der Waals surface area contributed by atoms with Crippen LogP contribution in [-0.4, -0.2) is 36.6 Å². The van der Waals surface area contributed by atoms with Gasteiger partial charge >= 0.3 is 0 Å². The van der Waals surface area contributed by atoms with Gasteiger partial charge in [0.15, 0.2) is 17.8 Å². The highest BCUT2D eigenvalue weighted by molar-refractivity contribution is 5.66. The van der Waals surface area contributed by atoms with Crippen LogP contribution in [0.4, 0.5) is 5.69 Å². The number of aromatic hydroxyl groups is 1. The molecule has 0 aliphatic carbocycles. The van der Waals surface area contributed by atoms with E-state index in [2.05, 4.69) is 0 Å². The fourth-order valence-corrected chi connectivity index (χ4v) is 1.67. The van der Waals surface area contributed by atoms with Crippen LogP contribution in [-0.2, 0) is 9.47 Å². The van der Waals surface area contributed by atoms with Crippen molar-refractivity contribution < 1.29 is 24.2 Å². The molecule has 7 heteroatoms. The highest BCUT2D eigenvalue weighted by Crippen LogP contribution is 2.35. The summed E-state index contributed by atoms with van der Waals surface area (Å²) in [5.74, 6) is -0.121. The first-order valence-corrected chi connectivity index (χ1v) is 5.58. The summed E-state index contributed by atoms with van der Waals surface area (Å²) in [5, 5.41) is 20.7. The van der Waals surface area contributed by atoms with E-state index in [0.717, 1.165) is 6.07 Å². The minimum Gasteiger partial charge on any atom is -0.504 e. The summed E-state index contributed by atoms with van der Waals surface area (Å²) in [4.78, 5) is 10.2. The predicted octanol–water partition coefficient (Wildman–Crippen LogP) is 1.70. The SMILES string of the molecule is COc1cc([N+](=O)[O-])cc(C=CC2OCCO2)c1O. The number of phenolic OH excluding ortho intramolecular Hbond substituents is 1. The van der Waals surface area contributed by atoms with Crippen molar-refractivity contribution in [3.8, 4) is 11.5 Å². The molecule has 0 spiro atoms. The predicted molar refractivity (Wildman–Crippen MR) is 66.0 cm³/mol. The van der Waals surface area contributed by atoms with Gasteiger partial charge in [-0.25, -0.2) is 0 Å². The zero-order chi connectivity index (χ0) is 13.8. The zero-order valence-electron chi connectivity index (χ0n) is 10.2. The third kappa shape index (κ3) is 3.01. The smallest absolute Gasteiger partial charge is 0.274 e. The molecule has 1 aliphatic rings. The van der Waals surface area contributed by atoms with Gasteiger partial charge in [-0.05, 0) is 12.2 Å². The van der Waals surface area contributed by atoms with Crippen molar-refractivity contribution in [2.45, 2.75) is 6.29 Å². The monoisotopic (exact) mass is 267 g/mol. The van der Waals surface area contributed by atoms with Gasteiger partial charge in [-0.1, -0.05) is 0 Å². The van der Waals surface area contributed by atoms with Gasteiger partial charge < -0.3 is 19.3 Å². The lowest BCUT2D eigenvalue weighted by Gasteiger charge is -2.07. The Morgan fingerprint density at radius 2 is 2.16 bits per heavy atom. The van der Waals surface area contributed by atoms with Crippen molar-refractivity contribution in [1.29, 1.82) is 0 Å². The van der Waals surface area contributed by atoms with Crippen LogP contribution in [0, 0.1) is 10.1 Å². The van der Waals surface area contributed by atoms with E-state index in [9.17, 15) is 15.2 Å². The van der Waals surface area contributed by atoms with Crippen LogP contribution in [0.2, 0.25) is 0 Å². The van der Waals surface area contributed by atoms with Crippen LogP contribution < -0.4 is 4.74 Å². The van der Waals surface area contributed by atoms with Gasteiger partial charge in [-0.15, -0.1) is 0 Å². The Balaban J connectivity index is 2.31. The molecule has 0 bridgehead atoms. The van der Waals surface area contributed by atoms with Crippen molar-refractivity contribution >= 4 is 11.8 Å². The highest BCUT2D eigenvalue weighted by atomic mass is 16.7. The van der Waals surface area contributed by atoms with Gasteiger partial charge in [0.25, 0.3) is 5.69 Å². The molecule has 1 fully saturated rings. The highest BCUT2D eigenvalue weighted by Gasteiger charge is 2.17. The second kappa shape index (κ2) is 5.68. The lowest BCUT2D eigenvalue weighted by atomic mass is 10.1. The van der Waals surface area contributed by atoms with Crippen molar-refractivity contribution in [3.63, 3.8) is 0 Å². The summed E-state index contributed by atoms with van der Waals surface area (Å²) in [7, 11) is 1.33. The summed E-state index contributed by atoms with van der Waals surface area (Å²) in [6.45, 7) is 0.999. The average molecular weight is 267 g/mol. The van der Waals surface area contributed by atoms with Crippen LogP contribution in [0.25, 0.3) is 6.08 Å². The Morgan fingerprint density at radius 3 is 2.74 bits per heavy atom. The number of nitrogens with zero attached hydrogens (tertiary/aromatic N) is 1. The first kappa shape index (κ1) is 13.3. The van der Waals surface area contributed by atoms with Gasteiger partial charge in [0.1, 0.15) is 0 Å². The normalized spacial score (nSPS) is 16.1. The molecule has 102 valence electrons. The number of methoxy groups -OCH3 is 1. The van der Waals surface area contributed by atoms with Crippen LogP contribution in [0.3, 0.4) is 0 Å². The Kier molecular flexibility index (Phi) is 3.98. The number of nitro groups is 1. The largest absolute Gasteiger partial charge is 0.504 e. The minimum absolute atomic E-state index is 0.0436. The van der Waals surface area contributed by atoms with Crippen LogP contribution in [0.5, 0.6) is 11.5 Å². The molecular weight excluding hydrogens is 254 g/mol. The number of phenols is 1. The van der Waals surface area contributed by atoms with Gasteiger partial charge in [0, 0.05) is 11.6 Å². The van der Waals surface area contributed by atoms with Gasteiger partial charge in [-0.3, -0.25) is 10.1 Å². The summed E-state index contributed by atoms with van der Waals surface area (Å²) in [6.07, 6.45) is 2.58. The molecule has 2 rings (SSSR count). The fraction of sp³-hybridized carbons (Fsp3) is 0.333. The maximum absolute atomic E-state index is 10.8. The molecule has 1 aromatic rings. The molecule has 19 heavy (non-hydrogen) atoms. The van der Waals surface area contributed by atoms with E-state index in [1.54, 1.807) is 6.08 Å². The number of rotatable bonds is 4. The van der Waals surface area contributed by atoms with E-state index in [-0.39, 0.29) is 22.7 Å². The number of nitro benzene ring substituents is 1. The van der Waals surface area contributed by atoms with E-state index in [4.69, 9.17) is 14.2 Å². The van der Waals surface area contributed by atoms with Gasteiger partial charge in [-0.2, -0.15) is 0 Å². The minimum atomic E-state index is -0.554. The molecule has 0 radical (unpaired) electrons. The molecular formula is C12H13NO6. The molecule has 0 amide bonds. The summed E-state index contributed by atoms with van der Waals surface area (Å²) in [5.41, 5.74) is 0.104. The molecule has 1 heterocycles. The molecule has 0 aromatic heterocycles. The second-order valence-corrected chi connectivity index (χ2v) is 3.81.